The first-order valence-electron chi connectivity index (χ1n) is 9.93. The molecule has 2 unspecified atom stereocenters. The van der Waals surface area contributed by atoms with Crippen LogP contribution in [0, 0.1) is 5.92 Å². The maximum absolute atomic E-state index is 12.5. The van der Waals surface area contributed by atoms with Crippen LogP contribution in [0.3, 0.4) is 0 Å². The van der Waals surface area contributed by atoms with Crippen molar-refractivity contribution in [2.24, 2.45) is 11.7 Å². The first-order chi connectivity index (χ1) is 13.1. The zero-order chi connectivity index (χ0) is 19.1. The first-order valence-corrected chi connectivity index (χ1v) is 9.93. The molecule has 5 nitrogen and oxygen atoms in total. The Bertz CT molecular complexity index is 719. The standard InChI is InChI=1S/C22H30N4O.2ClH/c1-17(21(23)19-9-5-4-6-10-19)22(27)25-16-18-11-12-20(24-15-18)26-13-7-2-3-8-14-26;;/h4-6,9-12,15,17,21H,2-3,7-8,13-14,16,23H2,1H3,(H,25,27);2*1H. The number of nitrogens with one attached hydrogen (secondary N) is 1. The van der Waals surface area contributed by atoms with Crippen LogP contribution in [0.5, 0.6) is 0 Å². The van der Waals surface area contributed by atoms with E-state index in [1.54, 1.807) is 0 Å². The van der Waals surface area contributed by atoms with Crippen LogP contribution in [-0.4, -0.2) is 24.0 Å². The second-order valence-electron chi connectivity index (χ2n) is 7.37. The van der Waals surface area contributed by atoms with Crippen LogP contribution in [0.15, 0.2) is 48.7 Å². The molecule has 1 aliphatic rings. The number of hydrogen-bond donors (Lipinski definition) is 2. The van der Waals surface area contributed by atoms with Gasteiger partial charge in [-0.1, -0.05) is 56.2 Å². The highest BCUT2D eigenvalue weighted by atomic mass is 35.5. The zero-order valence-electron chi connectivity index (χ0n) is 16.9. The van der Waals surface area contributed by atoms with E-state index < -0.39 is 0 Å². The lowest BCUT2D eigenvalue weighted by Crippen LogP contribution is -2.35. The summed E-state index contributed by atoms with van der Waals surface area (Å²) >= 11 is 0. The molecule has 1 saturated heterocycles. The average Bonchev–Trinajstić information content (AvgIpc) is 3.01. The summed E-state index contributed by atoms with van der Waals surface area (Å²) in [5.74, 6) is 0.700. The monoisotopic (exact) mass is 438 g/mol. The third kappa shape index (κ3) is 7.18. The maximum Gasteiger partial charge on any atom is 0.225 e. The number of halogens is 2. The molecule has 3 N–H and O–H groups in total. The van der Waals surface area contributed by atoms with Gasteiger partial charge in [0.1, 0.15) is 5.82 Å². The largest absolute Gasteiger partial charge is 0.357 e. The van der Waals surface area contributed by atoms with Gasteiger partial charge in [0.2, 0.25) is 5.91 Å². The molecule has 2 heterocycles. The van der Waals surface area contributed by atoms with Crippen LogP contribution in [0.1, 0.15) is 49.8 Å². The van der Waals surface area contributed by atoms with Crippen LogP contribution in [0.25, 0.3) is 0 Å². The van der Waals surface area contributed by atoms with Crippen molar-refractivity contribution in [1.82, 2.24) is 10.3 Å². The number of aromatic nitrogens is 1. The Hall–Kier alpha value is -1.82. The van der Waals surface area contributed by atoms with Gasteiger partial charge in [-0.2, -0.15) is 0 Å². The molecule has 3 rings (SSSR count). The van der Waals surface area contributed by atoms with Crippen LogP contribution < -0.4 is 16.0 Å². The molecule has 0 saturated carbocycles. The lowest BCUT2D eigenvalue weighted by Gasteiger charge is -2.22. The number of rotatable bonds is 6. The summed E-state index contributed by atoms with van der Waals surface area (Å²) in [4.78, 5) is 19.4. The smallest absolute Gasteiger partial charge is 0.225 e. The number of carbonyl (C=O) groups excluding carboxylic acids is 1. The van der Waals surface area contributed by atoms with E-state index in [9.17, 15) is 4.79 Å². The minimum absolute atomic E-state index is 0. The minimum Gasteiger partial charge on any atom is -0.357 e. The Labute approximate surface area is 186 Å². The van der Waals surface area contributed by atoms with Gasteiger partial charge < -0.3 is 16.0 Å². The second-order valence-corrected chi connectivity index (χ2v) is 7.37. The highest BCUT2D eigenvalue weighted by Crippen LogP contribution is 2.20. The van der Waals surface area contributed by atoms with Gasteiger partial charge in [-0.15, -0.1) is 24.8 Å². The number of hydrogen-bond acceptors (Lipinski definition) is 4. The predicted octanol–water partition coefficient (Wildman–Crippen LogP) is 4.26. The fourth-order valence-electron chi connectivity index (χ4n) is 3.49. The Kier molecular flexibility index (Phi) is 11.0. The van der Waals surface area contributed by atoms with Gasteiger partial charge in [0, 0.05) is 31.9 Å². The van der Waals surface area contributed by atoms with Crippen molar-refractivity contribution in [2.75, 3.05) is 18.0 Å². The molecule has 1 aliphatic heterocycles. The quantitative estimate of drug-likeness (QED) is 0.706. The van der Waals surface area contributed by atoms with Gasteiger partial charge in [0.15, 0.2) is 0 Å². The molecule has 7 heteroatoms. The van der Waals surface area contributed by atoms with E-state index in [0.717, 1.165) is 30.0 Å². The summed E-state index contributed by atoms with van der Waals surface area (Å²) in [5.41, 5.74) is 8.22. The number of benzene rings is 1. The molecule has 1 aromatic carbocycles. The number of nitrogens with zero attached hydrogens (tertiary/aromatic N) is 2. The molecular formula is C22H32Cl2N4O. The maximum atomic E-state index is 12.5. The number of carbonyl (C=O) groups is 1. The van der Waals surface area contributed by atoms with E-state index in [1.165, 1.54) is 25.7 Å². The predicted molar refractivity (Wildman–Crippen MR) is 124 cm³/mol. The molecule has 1 aromatic heterocycles. The van der Waals surface area contributed by atoms with Crippen molar-refractivity contribution in [3.63, 3.8) is 0 Å². The fourth-order valence-corrected chi connectivity index (χ4v) is 3.49. The van der Waals surface area contributed by atoms with Crippen molar-refractivity contribution in [3.8, 4) is 0 Å². The van der Waals surface area contributed by atoms with E-state index >= 15 is 0 Å². The molecule has 2 aromatic rings. The fraction of sp³-hybridized carbons (Fsp3) is 0.455. The lowest BCUT2D eigenvalue weighted by molar-refractivity contribution is -0.125. The Morgan fingerprint density at radius 1 is 1.07 bits per heavy atom. The second kappa shape index (κ2) is 12.7. The molecule has 0 radical (unpaired) electrons. The summed E-state index contributed by atoms with van der Waals surface area (Å²) in [6, 6.07) is 13.5. The van der Waals surface area contributed by atoms with Crippen LogP contribution in [-0.2, 0) is 11.3 Å². The Morgan fingerprint density at radius 3 is 2.31 bits per heavy atom. The number of nitrogens with two attached hydrogens (primary N) is 1. The topological polar surface area (TPSA) is 71.2 Å². The molecule has 29 heavy (non-hydrogen) atoms. The van der Waals surface area contributed by atoms with E-state index in [0.29, 0.717) is 6.54 Å². The van der Waals surface area contributed by atoms with Crippen LogP contribution in [0.4, 0.5) is 5.82 Å². The summed E-state index contributed by atoms with van der Waals surface area (Å²) in [5, 5.41) is 2.99. The van der Waals surface area contributed by atoms with Crippen LogP contribution in [0.2, 0.25) is 0 Å². The summed E-state index contributed by atoms with van der Waals surface area (Å²) < 4.78 is 0. The van der Waals surface area contributed by atoms with E-state index in [4.69, 9.17) is 5.73 Å². The molecule has 0 spiro atoms. The molecule has 160 valence electrons. The third-order valence-electron chi connectivity index (χ3n) is 5.34. The van der Waals surface area contributed by atoms with Crippen LogP contribution >= 0.6 is 24.8 Å². The van der Waals surface area contributed by atoms with Gasteiger partial charge in [-0.3, -0.25) is 4.79 Å². The van der Waals surface area contributed by atoms with Gasteiger partial charge in [-0.25, -0.2) is 4.98 Å². The van der Waals surface area contributed by atoms with Crippen molar-refractivity contribution < 1.29 is 4.79 Å². The van der Waals surface area contributed by atoms with E-state index in [2.05, 4.69) is 27.3 Å². The number of amides is 1. The lowest BCUT2D eigenvalue weighted by atomic mass is 9.94. The van der Waals surface area contributed by atoms with Crippen molar-refractivity contribution in [2.45, 2.75) is 45.2 Å². The van der Waals surface area contributed by atoms with E-state index in [1.807, 2.05) is 43.5 Å². The highest BCUT2D eigenvalue weighted by Gasteiger charge is 2.21. The Balaban J connectivity index is 0.00000210. The number of anilines is 1. The summed E-state index contributed by atoms with van der Waals surface area (Å²) in [6.45, 7) is 4.50. The molecule has 2 atom stereocenters. The molecule has 1 fully saturated rings. The minimum atomic E-state index is -0.310. The molecule has 1 amide bonds. The van der Waals surface area contributed by atoms with Crippen molar-refractivity contribution in [1.29, 1.82) is 0 Å². The van der Waals surface area contributed by atoms with Gasteiger partial charge in [-0.05, 0) is 30.0 Å². The zero-order valence-corrected chi connectivity index (χ0v) is 18.6. The Morgan fingerprint density at radius 2 is 1.72 bits per heavy atom. The van der Waals surface area contributed by atoms with Gasteiger partial charge in [0.25, 0.3) is 0 Å². The normalized spacial score (nSPS) is 15.9. The summed E-state index contributed by atoms with van der Waals surface area (Å²) in [7, 11) is 0. The van der Waals surface area contributed by atoms with E-state index in [-0.39, 0.29) is 42.7 Å². The highest BCUT2D eigenvalue weighted by molar-refractivity contribution is 5.85. The summed E-state index contributed by atoms with van der Waals surface area (Å²) in [6.07, 6.45) is 6.95. The van der Waals surface area contributed by atoms with Gasteiger partial charge >= 0.3 is 0 Å². The SMILES string of the molecule is CC(C(=O)NCc1ccc(N2CCCCCC2)nc1)C(N)c1ccccc1.Cl.Cl. The van der Waals surface area contributed by atoms with Crippen molar-refractivity contribution in [3.05, 3.63) is 59.8 Å². The molecule has 0 aliphatic carbocycles. The molecule has 0 bridgehead atoms. The van der Waals surface area contributed by atoms with Gasteiger partial charge in [0.05, 0.1) is 5.92 Å². The van der Waals surface area contributed by atoms with Crippen molar-refractivity contribution >= 4 is 36.5 Å². The molecular weight excluding hydrogens is 407 g/mol. The average molecular weight is 439 g/mol. The first kappa shape index (κ1) is 25.2. The number of pyridine rings is 1. The third-order valence-corrected chi connectivity index (χ3v) is 5.34.